The van der Waals surface area contributed by atoms with Crippen LogP contribution in [-0.4, -0.2) is 29.3 Å². The Hall–Kier alpha value is -3.62. The Morgan fingerprint density at radius 1 is 1.03 bits per heavy atom. The lowest BCUT2D eigenvalue weighted by molar-refractivity contribution is -0.133. The van der Waals surface area contributed by atoms with Gasteiger partial charge in [0.1, 0.15) is 23.4 Å². The van der Waals surface area contributed by atoms with Gasteiger partial charge in [-0.25, -0.2) is 13.2 Å². The molecule has 1 unspecified atom stereocenters. The lowest BCUT2D eigenvalue weighted by atomic mass is 9.70. The molecule has 0 bridgehead atoms. The fraction of sp³-hybridized carbons (Fsp3) is 0.292. The quantitative estimate of drug-likeness (QED) is 0.406. The molecule has 33 heavy (non-hydrogen) atoms. The summed E-state index contributed by atoms with van der Waals surface area (Å²) < 4.78 is 41.9. The van der Waals surface area contributed by atoms with Crippen molar-refractivity contribution in [3.63, 3.8) is 0 Å². The molecule has 2 aromatic carbocycles. The summed E-state index contributed by atoms with van der Waals surface area (Å²) in [6.45, 7) is 0.338. The van der Waals surface area contributed by atoms with Crippen LogP contribution in [0.4, 0.5) is 13.2 Å². The lowest BCUT2D eigenvalue weighted by Crippen LogP contribution is -2.40. The molecule has 170 valence electrons. The SMILES string of the molecule is O=C1CC(C(=O)NCC2CC(c3c(-c4ccc(F)cc4)[nH]c4c(F)cc(F)cc34)C2)C(=O)N1. The third-order valence-electron chi connectivity index (χ3n) is 6.49. The number of aromatic amines is 1. The number of imide groups is 1. The normalized spacial score (nSPS) is 22.3. The van der Waals surface area contributed by atoms with Crippen LogP contribution in [-0.2, 0) is 14.4 Å². The van der Waals surface area contributed by atoms with Crippen LogP contribution in [0.5, 0.6) is 0 Å². The molecule has 9 heteroatoms. The average Bonchev–Trinajstić information content (AvgIpc) is 3.27. The number of nitrogens with one attached hydrogen (secondary N) is 3. The third kappa shape index (κ3) is 3.88. The highest BCUT2D eigenvalue weighted by molar-refractivity contribution is 6.13. The van der Waals surface area contributed by atoms with Gasteiger partial charge in [-0.05, 0) is 66.1 Å². The number of rotatable bonds is 5. The first-order valence-corrected chi connectivity index (χ1v) is 10.7. The molecule has 1 aliphatic carbocycles. The number of H-pyrrole nitrogens is 1. The standard InChI is InChI=1S/C24H20F3N3O3/c25-14-3-1-12(2-4-14)21-20(16-7-15(26)8-18(27)22(16)30-21)13-5-11(6-13)10-28-23(32)17-9-19(31)29-24(17)33/h1-4,7-8,11,13,17,30H,5-6,9-10H2,(H,28,32)(H,29,31,33). The monoisotopic (exact) mass is 455 g/mol. The van der Waals surface area contributed by atoms with Crippen LogP contribution in [0.15, 0.2) is 36.4 Å². The van der Waals surface area contributed by atoms with Crippen LogP contribution in [0.2, 0.25) is 0 Å². The highest BCUT2D eigenvalue weighted by Crippen LogP contribution is 2.48. The van der Waals surface area contributed by atoms with Gasteiger partial charge < -0.3 is 10.3 Å². The van der Waals surface area contributed by atoms with Crippen molar-refractivity contribution in [2.45, 2.75) is 25.2 Å². The largest absolute Gasteiger partial charge is 0.355 e. The zero-order valence-electron chi connectivity index (χ0n) is 17.4. The molecule has 3 aromatic rings. The van der Waals surface area contributed by atoms with Crippen LogP contribution in [0, 0.1) is 29.3 Å². The summed E-state index contributed by atoms with van der Waals surface area (Å²) in [6.07, 6.45) is 1.18. The number of carbonyl (C=O) groups is 3. The predicted molar refractivity (Wildman–Crippen MR) is 113 cm³/mol. The molecule has 2 aliphatic rings. The van der Waals surface area contributed by atoms with Gasteiger partial charge in [-0.15, -0.1) is 0 Å². The molecule has 6 nitrogen and oxygen atoms in total. The minimum Gasteiger partial charge on any atom is -0.355 e. The van der Waals surface area contributed by atoms with Crippen molar-refractivity contribution in [3.8, 4) is 11.3 Å². The molecule has 0 radical (unpaired) electrons. The van der Waals surface area contributed by atoms with Crippen molar-refractivity contribution in [2.75, 3.05) is 6.54 Å². The van der Waals surface area contributed by atoms with E-state index in [1.807, 2.05) is 0 Å². The van der Waals surface area contributed by atoms with E-state index >= 15 is 0 Å². The molecule has 1 aliphatic heterocycles. The van der Waals surface area contributed by atoms with Gasteiger partial charge in [0.2, 0.25) is 17.7 Å². The van der Waals surface area contributed by atoms with E-state index in [0.29, 0.717) is 36.0 Å². The van der Waals surface area contributed by atoms with Gasteiger partial charge in [-0.3, -0.25) is 19.7 Å². The first kappa shape index (κ1) is 21.2. The Bertz CT molecular complexity index is 1280. The van der Waals surface area contributed by atoms with Crippen LogP contribution < -0.4 is 10.6 Å². The van der Waals surface area contributed by atoms with Gasteiger partial charge in [0.25, 0.3) is 0 Å². The summed E-state index contributed by atoms with van der Waals surface area (Å²) in [5.74, 6) is -4.21. The number of fused-ring (bicyclic) bond motifs is 1. The highest BCUT2D eigenvalue weighted by Gasteiger charge is 2.38. The zero-order chi connectivity index (χ0) is 23.3. The Morgan fingerprint density at radius 2 is 1.76 bits per heavy atom. The number of hydrogen-bond donors (Lipinski definition) is 3. The minimum atomic E-state index is -1.00. The summed E-state index contributed by atoms with van der Waals surface area (Å²) in [6, 6.07) is 7.90. The van der Waals surface area contributed by atoms with Gasteiger partial charge >= 0.3 is 0 Å². The van der Waals surface area contributed by atoms with Crippen molar-refractivity contribution >= 4 is 28.6 Å². The maximum atomic E-state index is 14.5. The second-order valence-electron chi connectivity index (χ2n) is 8.68. The van der Waals surface area contributed by atoms with E-state index in [1.54, 1.807) is 12.1 Å². The lowest BCUT2D eigenvalue weighted by Gasteiger charge is -2.36. The topological polar surface area (TPSA) is 91.1 Å². The van der Waals surface area contributed by atoms with Gasteiger partial charge in [0, 0.05) is 24.4 Å². The Morgan fingerprint density at radius 3 is 2.42 bits per heavy atom. The van der Waals surface area contributed by atoms with Gasteiger partial charge in [0.05, 0.1) is 11.2 Å². The molecule has 1 saturated carbocycles. The fourth-order valence-electron chi connectivity index (χ4n) is 4.78. The minimum absolute atomic E-state index is 0.0155. The van der Waals surface area contributed by atoms with Crippen molar-refractivity contribution in [1.82, 2.24) is 15.6 Å². The first-order chi connectivity index (χ1) is 15.8. The molecule has 3 amide bonds. The Labute approximate surface area is 186 Å². The van der Waals surface area contributed by atoms with Crippen molar-refractivity contribution in [1.29, 1.82) is 0 Å². The van der Waals surface area contributed by atoms with E-state index in [1.165, 1.54) is 18.2 Å². The fourth-order valence-corrected chi connectivity index (χ4v) is 4.78. The predicted octanol–water partition coefficient (Wildman–Crippen LogP) is 3.52. The highest BCUT2D eigenvalue weighted by atomic mass is 19.1. The summed E-state index contributed by atoms with van der Waals surface area (Å²) >= 11 is 0. The Kier molecular flexibility index (Phi) is 5.19. The van der Waals surface area contributed by atoms with Gasteiger partial charge in [-0.2, -0.15) is 0 Å². The molecule has 1 aromatic heterocycles. The summed E-state index contributed by atoms with van der Waals surface area (Å²) in [7, 11) is 0. The maximum Gasteiger partial charge on any atom is 0.239 e. The molecule has 5 rings (SSSR count). The molecule has 3 N–H and O–H groups in total. The summed E-state index contributed by atoms with van der Waals surface area (Å²) in [4.78, 5) is 38.2. The molecular formula is C24H20F3N3O3. The third-order valence-corrected chi connectivity index (χ3v) is 6.49. The molecular weight excluding hydrogens is 435 g/mol. The van der Waals surface area contributed by atoms with E-state index in [9.17, 15) is 27.6 Å². The molecule has 2 heterocycles. The van der Waals surface area contributed by atoms with Crippen LogP contribution >= 0.6 is 0 Å². The number of aromatic nitrogens is 1. The molecule has 0 spiro atoms. The Balaban J connectivity index is 1.35. The molecule has 2 fully saturated rings. The number of hydrogen-bond acceptors (Lipinski definition) is 3. The smallest absolute Gasteiger partial charge is 0.239 e. The van der Waals surface area contributed by atoms with Crippen molar-refractivity contribution < 1.29 is 27.6 Å². The van der Waals surface area contributed by atoms with Crippen LogP contribution in [0.3, 0.4) is 0 Å². The van der Waals surface area contributed by atoms with E-state index in [2.05, 4.69) is 15.6 Å². The van der Waals surface area contributed by atoms with E-state index < -0.39 is 41.1 Å². The van der Waals surface area contributed by atoms with Crippen molar-refractivity contribution in [3.05, 3.63) is 59.4 Å². The number of benzene rings is 2. The van der Waals surface area contributed by atoms with Crippen molar-refractivity contribution in [2.24, 2.45) is 11.8 Å². The second-order valence-corrected chi connectivity index (χ2v) is 8.68. The van der Waals surface area contributed by atoms with Gasteiger partial charge in [0.15, 0.2) is 0 Å². The second kappa shape index (κ2) is 8.06. The van der Waals surface area contributed by atoms with Crippen LogP contribution in [0.1, 0.15) is 30.7 Å². The molecule has 1 saturated heterocycles. The van der Waals surface area contributed by atoms with E-state index in [4.69, 9.17) is 0 Å². The van der Waals surface area contributed by atoms with Crippen LogP contribution in [0.25, 0.3) is 22.2 Å². The summed E-state index contributed by atoms with van der Waals surface area (Å²) in [5, 5.41) is 5.29. The maximum absolute atomic E-state index is 14.5. The average molecular weight is 455 g/mol. The molecule has 1 atom stereocenters. The van der Waals surface area contributed by atoms with E-state index in [0.717, 1.165) is 11.6 Å². The van der Waals surface area contributed by atoms with Gasteiger partial charge in [-0.1, -0.05) is 0 Å². The number of amides is 3. The first-order valence-electron chi connectivity index (χ1n) is 10.7. The number of halogens is 3. The summed E-state index contributed by atoms with van der Waals surface area (Å²) in [5.41, 5.74) is 2.23. The zero-order valence-corrected chi connectivity index (χ0v) is 17.4. The van der Waals surface area contributed by atoms with E-state index in [-0.39, 0.29) is 23.8 Å². The number of carbonyl (C=O) groups excluding carboxylic acids is 3.